The molecule has 2 aromatic rings. The maximum absolute atomic E-state index is 10.6. The number of hydrogen-bond acceptors (Lipinski definition) is 5. The summed E-state index contributed by atoms with van der Waals surface area (Å²) < 4.78 is 11.5. The zero-order chi connectivity index (χ0) is 23.8. The van der Waals surface area contributed by atoms with Crippen LogP contribution in [-0.2, 0) is 5.41 Å². The van der Waals surface area contributed by atoms with Crippen LogP contribution in [0, 0.1) is 17.8 Å². The molecule has 5 aliphatic rings. The molecular weight excluding hydrogens is 436 g/mol. The third kappa shape index (κ3) is 4.77. The molecule has 5 heteroatoms. The minimum absolute atomic E-state index is 0.337. The summed E-state index contributed by atoms with van der Waals surface area (Å²) in [6.45, 7) is 4.69. The van der Waals surface area contributed by atoms with Crippen LogP contribution in [-0.4, -0.2) is 62.6 Å². The summed E-state index contributed by atoms with van der Waals surface area (Å²) in [7, 11) is 1.72. The quantitative estimate of drug-likeness (QED) is 0.597. The van der Waals surface area contributed by atoms with Crippen LogP contribution >= 0.6 is 0 Å². The van der Waals surface area contributed by atoms with Gasteiger partial charge in [-0.3, -0.25) is 4.90 Å². The third-order valence-electron chi connectivity index (χ3n) is 9.21. The first-order chi connectivity index (χ1) is 17.1. The molecule has 7 rings (SSSR count). The predicted octanol–water partition coefficient (Wildman–Crippen LogP) is 4.72. The lowest BCUT2D eigenvalue weighted by Crippen LogP contribution is -2.49. The fourth-order valence-electron chi connectivity index (χ4n) is 7.97. The van der Waals surface area contributed by atoms with E-state index in [4.69, 9.17) is 9.47 Å². The highest BCUT2D eigenvalue weighted by molar-refractivity contribution is 5.58. The number of methoxy groups -OCH3 is 1. The summed E-state index contributed by atoms with van der Waals surface area (Å²) in [5, 5.41) is 10.6. The van der Waals surface area contributed by atoms with Crippen LogP contribution in [0.4, 0.5) is 5.69 Å². The molecule has 1 N–H and O–H groups in total. The summed E-state index contributed by atoms with van der Waals surface area (Å²) in [5.74, 6) is 4.68. The smallest absolute Gasteiger partial charge is 0.142 e. The minimum Gasteiger partial charge on any atom is -0.495 e. The Hall–Kier alpha value is -2.24. The van der Waals surface area contributed by atoms with Gasteiger partial charge in [0.25, 0.3) is 0 Å². The van der Waals surface area contributed by atoms with Gasteiger partial charge in [0.05, 0.1) is 12.8 Å². The Morgan fingerprint density at radius 2 is 1.51 bits per heavy atom. The fraction of sp³-hybridized carbons (Fsp3) is 0.600. The van der Waals surface area contributed by atoms with Crippen LogP contribution in [0.15, 0.2) is 48.5 Å². The van der Waals surface area contributed by atoms with Crippen molar-refractivity contribution in [2.75, 3.05) is 51.3 Å². The zero-order valence-electron chi connectivity index (χ0n) is 21.1. The molecule has 0 aromatic heterocycles. The molecule has 1 heterocycles. The first-order valence-electron chi connectivity index (χ1n) is 13.6. The number of piperazine rings is 1. The normalized spacial score (nSPS) is 30.9. The number of aliphatic hydroxyl groups is 1. The molecule has 4 bridgehead atoms. The Balaban J connectivity index is 0.978. The van der Waals surface area contributed by atoms with Crippen LogP contribution in [0.3, 0.4) is 0 Å². The number of hydrogen-bond donors (Lipinski definition) is 1. The van der Waals surface area contributed by atoms with Crippen LogP contribution in [0.25, 0.3) is 0 Å². The van der Waals surface area contributed by atoms with Crippen molar-refractivity contribution >= 4 is 5.69 Å². The molecule has 0 radical (unpaired) electrons. The van der Waals surface area contributed by atoms with Crippen LogP contribution < -0.4 is 14.4 Å². The van der Waals surface area contributed by atoms with E-state index in [1.165, 1.54) is 44.1 Å². The third-order valence-corrected chi connectivity index (χ3v) is 9.21. The summed E-state index contributed by atoms with van der Waals surface area (Å²) in [6, 6.07) is 17.1. The molecular formula is C30H40N2O3. The van der Waals surface area contributed by atoms with Gasteiger partial charge in [0.1, 0.15) is 24.2 Å². The van der Waals surface area contributed by atoms with Gasteiger partial charge < -0.3 is 19.5 Å². The number of aliphatic hydroxyl groups excluding tert-OH is 1. The second kappa shape index (κ2) is 9.67. The SMILES string of the molecule is COc1ccccc1N1CCN(C[C@H](O)COc2ccc(C34CC5CC(CC(C5)C3)C4)cc2)CC1. The molecule has 0 unspecified atom stereocenters. The van der Waals surface area contributed by atoms with Crippen molar-refractivity contribution in [3.63, 3.8) is 0 Å². The number of benzene rings is 2. The maximum Gasteiger partial charge on any atom is 0.142 e. The van der Waals surface area contributed by atoms with E-state index in [9.17, 15) is 5.11 Å². The zero-order valence-corrected chi connectivity index (χ0v) is 21.1. The van der Waals surface area contributed by atoms with Crippen LogP contribution in [0.1, 0.15) is 44.1 Å². The van der Waals surface area contributed by atoms with Gasteiger partial charge in [0.2, 0.25) is 0 Å². The number of nitrogens with zero attached hydrogens (tertiary/aromatic N) is 2. The Labute approximate surface area is 210 Å². The molecule has 5 nitrogen and oxygen atoms in total. The number of β-amino-alcohol motifs (C(OH)–C–C–N with tert-alkyl or cyclic N) is 1. The first-order valence-corrected chi connectivity index (χ1v) is 13.6. The predicted molar refractivity (Wildman–Crippen MR) is 139 cm³/mol. The van der Waals surface area contributed by atoms with E-state index in [0.29, 0.717) is 18.6 Å². The fourth-order valence-corrected chi connectivity index (χ4v) is 7.97. The highest BCUT2D eigenvalue weighted by Crippen LogP contribution is 2.60. The summed E-state index contributed by atoms with van der Waals surface area (Å²) in [6.07, 6.45) is 8.12. The topological polar surface area (TPSA) is 45.2 Å². The molecule has 0 spiro atoms. The number of anilines is 1. The summed E-state index contributed by atoms with van der Waals surface area (Å²) in [5.41, 5.74) is 3.10. The monoisotopic (exact) mass is 476 g/mol. The molecule has 0 amide bonds. The van der Waals surface area contributed by atoms with E-state index in [1.807, 2.05) is 12.1 Å². The Kier molecular flexibility index (Phi) is 6.40. The highest BCUT2D eigenvalue weighted by Gasteiger charge is 2.51. The van der Waals surface area contributed by atoms with E-state index >= 15 is 0 Å². The van der Waals surface area contributed by atoms with Crippen molar-refractivity contribution in [3.8, 4) is 11.5 Å². The maximum atomic E-state index is 10.6. The van der Waals surface area contributed by atoms with Crippen molar-refractivity contribution in [2.45, 2.75) is 50.0 Å². The minimum atomic E-state index is -0.490. The van der Waals surface area contributed by atoms with Crippen LogP contribution in [0.2, 0.25) is 0 Å². The van der Waals surface area contributed by atoms with Gasteiger partial charge in [-0.05, 0) is 91.5 Å². The van der Waals surface area contributed by atoms with Crippen molar-refractivity contribution in [2.24, 2.45) is 17.8 Å². The number of ether oxygens (including phenoxy) is 2. The van der Waals surface area contributed by atoms with Gasteiger partial charge in [-0.1, -0.05) is 24.3 Å². The molecule has 188 valence electrons. The molecule has 35 heavy (non-hydrogen) atoms. The lowest BCUT2D eigenvalue weighted by molar-refractivity contribution is -0.00522. The second-order valence-corrected chi connectivity index (χ2v) is 11.6. The van der Waals surface area contributed by atoms with Gasteiger partial charge in [-0.15, -0.1) is 0 Å². The van der Waals surface area contributed by atoms with Gasteiger partial charge >= 0.3 is 0 Å². The Bertz CT molecular complexity index is 964. The summed E-state index contributed by atoms with van der Waals surface area (Å²) >= 11 is 0. The first kappa shape index (κ1) is 23.2. The molecule has 2 aromatic carbocycles. The standard InChI is InChI=1S/C30H40N2O3/c1-34-29-5-3-2-4-28(29)32-12-10-31(11-13-32)20-26(33)21-35-27-8-6-25(7-9-27)30-17-22-14-23(18-30)16-24(15-22)19-30/h2-9,22-24,26,33H,10-21H2,1H3/t22?,23?,24?,26-,30?/m0/s1. The molecule has 5 fully saturated rings. The summed E-state index contributed by atoms with van der Waals surface area (Å²) in [4.78, 5) is 4.69. The number of rotatable bonds is 8. The van der Waals surface area contributed by atoms with Gasteiger partial charge in [-0.25, -0.2) is 0 Å². The Morgan fingerprint density at radius 1 is 0.886 bits per heavy atom. The van der Waals surface area contributed by atoms with Crippen molar-refractivity contribution in [3.05, 3.63) is 54.1 Å². The van der Waals surface area contributed by atoms with Crippen molar-refractivity contribution in [1.82, 2.24) is 4.90 Å². The highest BCUT2D eigenvalue weighted by atomic mass is 16.5. The van der Waals surface area contributed by atoms with Crippen molar-refractivity contribution < 1.29 is 14.6 Å². The van der Waals surface area contributed by atoms with Crippen LogP contribution in [0.5, 0.6) is 11.5 Å². The molecule has 4 saturated carbocycles. The van der Waals surface area contributed by atoms with Gasteiger partial charge in [0.15, 0.2) is 0 Å². The Morgan fingerprint density at radius 3 is 2.14 bits per heavy atom. The molecule has 1 atom stereocenters. The van der Waals surface area contributed by atoms with E-state index in [0.717, 1.165) is 61.1 Å². The van der Waals surface area contributed by atoms with E-state index in [1.54, 1.807) is 7.11 Å². The largest absolute Gasteiger partial charge is 0.495 e. The van der Waals surface area contributed by atoms with E-state index in [2.05, 4.69) is 46.2 Å². The molecule has 1 saturated heterocycles. The van der Waals surface area contributed by atoms with Crippen molar-refractivity contribution in [1.29, 1.82) is 0 Å². The average molecular weight is 477 g/mol. The lowest BCUT2D eigenvalue weighted by Gasteiger charge is -2.57. The molecule has 4 aliphatic carbocycles. The average Bonchev–Trinajstić information content (AvgIpc) is 2.87. The second-order valence-electron chi connectivity index (χ2n) is 11.6. The van der Waals surface area contributed by atoms with Gasteiger partial charge in [-0.2, -0.15) is 0 Å². The van der Waals surface area contributed by atoms with Gasteiger partial charge in [0, 0.05) is 32.7 Å². The lowest BCUT2D eigenvalue weighted by atomic mass is 9.48. The number of para-hydroxylation sites is 2. The van der Waals surface area contributed by atoms with E-state index < -0.39 is 6.10 Å². The van der Waals surface area contributed by atoms with E-state index in [-0.39, 0.29) is 0 Å². The molecule has 1 aliphatic heterocycles.